The number of carbonyl (C=O) groups excluding carboxylic acids is 1. The van der Waals surface area contributed by atoms with Crippen molar-refractivity contribution in [2.75, 3.05) is 14.2 Å². The van der Waals surface area contributed by atoms with Gasteiger partial charge in [0.15, 0.2) is 11.5 Å². The Balaban J connectivity index is 2.95. The van der Waals surface area contributed by atoms with E-state index in [1.807, 2.05) is 32.0 Å². The van der Waals surface area contributed by atoms with Crippen molar-refractivity contribution in [3.05, 3.63) is 23.8 Å². The fourth-order valence-electron chi connectivity index (χ4n) is 1.79. The highest BCUT2D eigenvalue weighted by molar-refractivity contribution is 5.76. The van der Waals surface area contributed by atoms with Gasteiger partial charge in [-0.2, -0.15) is 0 Å². The fourth-order valence-corrected chi connectivity index (χ4v) is 1.79. The number of ether oxygens (including phenoxy) is 2. The van der Waals surface area contributed by atoms with E-state index in [4.69, 9.17) is 9.47 Å². The van der Waals surface area contributed by atoms with Crippen molar-refractivity contribution in [1.29, 1.82) is 0 Å². The number of rotatable bonds is 6. The second-order valence-corrected chi connectivity index (χ2v) is 4.00. The van der Waals surface area contributed by atoms with E-state index in [1.165, 1.54) is 0 Å². The summed E-state index contributed by atoms with van der Waals surface area (Å²) in [5, 5.41) is 2.99. The number of nitrogens with one attached hydrogen (secondary N) is 1. The van der Waals surface area contributed by atoms with Crippen LogP contribution in [0.5, 0.6) is 11.5 Å². The average Bonchev–Trinajstić information content (AvgIpc) is 2.43. The number of hydrogen-bond donors (Lipinski definition) is 1. The molecular weight excluding hydrogens is 230 g/mol. The summed E-state index contributed by atoms with van der Waals surface area (Å²) in [6.07, 6.45) is 1.32. The molecule has 1 aromatic carbocycles. The van der Waals surface area contributed by atoms with E-state index in [1.54, 1.807) is 14.2 Å². The first-order valence-electron chi connectivity index (χ1n) is 6.17. The van der Waals surface area contributed by atoms with Crippen LogP contribution in [0.4, 0.5) is 0 Å². The van der Waals surface area contributed by atoms with Crippen LogP contribution in [0.3, 0.4) is 0 Å². The highest BCUT2D eigenvalue weighted by Crippen LogP contribution is 2.30. The molecule has 1 atom stereocenters. The summed E-state index contributed by atoms with van der Waals surface area (Å²) in [6, 6.07) is 5.72. The average molecular weight is 251 g/mol. The molecule has 100 valence electrons. The van der Waals surface area contributed by atoms with Gasteiger partial charge < -0.3 is 14.8 Å². The molecule has 0 aliphatic heterocycles. The lowest BCUT2D eigenvalue weighted by Crippen LogP contribution is -2.27. The lowest BCUT2D eigenvalue weighted by Gasteiger charge is -2.18. The highest BCUT2D eigenvalue weighted by atomic mass is 16.5. The number of hydrogen-bond acceptors (Lipinski definition) is 3. The molecule has 1 aromatic rings. The van der Waals surface area contributed by atoms with Crippen LogP contribution >= 0.6 is 0 Å². The number of amides is 1. The van der Waals surface area contributed by atoms with Gasteiger partial charge in [-0.1, -0.05) is 19.9 Å². The summed E-state index contributed by atoms with van der Waals surface area (Å²) < 4.78 is 10.5. The van der Waals surface area contributed by atoms with Crippen LogP contribution in [0.2, 0.25) is 0 Å². The smallest absolute Gasteiger partial charge is 0.220 e. The lowest BCUT2D eigenvalue weighted by molar-refractivity contribution is -0.121. The molecule has 0 heterocycles. The molecule has 0 fully saturated rings. The molecule has 0 saturated heterocycles. The molecule has 4 nitrogen and oxygen atoms in total. The van der Waals surface area contributed by atoms with Crippen molar-refractivity contribution in [2.45, 2.75) is 32.7 Å². The second-order valence-electron chi connectivity index (χ2n) is 4.00. The Morgan fingerprint density at radius 3 is 2.39 bits per heavy atom. The largest absolute Gasteiger partial charge is 0.493 e. The van der Waals surface area contributed by atoms with Crippen LogP contribution in [-0.4, -0.2) is 20.1 Å². The molecule has 0 radical (unpaired) electrons. The van der Waals surface area contributed by atoms with Crippen molar-refractivity contribution in [1.82, 2.24) is 5.32 Å². The van der Waals surface area contributed by atoms with Crippen LogP contribution in [-0.2, 0) is 4.79 Å². The quantitative estimate of drug-likeness (QED) is 0.845. The first kappa shape index (κ1) is 14.4. The van der Waals surface area contributed by atoms with Crippen LogP contribution in [0.25, 0.3) is 0 Å². The van der Waals surface area contributed by atoms with Crippen molar-refractivity contribution >= 4 is 5.91 Å². The van der Waals surface area contributed by atoms with E-state index in [0.717, 1.165) is 12.0 Å². The monoisotopic (exact) mass is 251 g/mol. The molecular formula is C14H21NO3. The minimum Gasteiger partial charge on any atom is -0.493 e. The molecule has 18 heavy (non-hydrogen) atoms. The van der Waals surface area contributed by atoms with Crippen molar-refractivity contribution < 1.29 is 14.3 Å². The third-order valence-electron chi connectivity index (χ3n) is 2.87. The Morgan fingerprint density at radius 1 is 1.22 bits per heavy atom. The summed E-state index contributed by atoms with van der Waals surface area (Å²) >= 11 is 0. The number of carbonyl (C=O) groups is 1. The maximum atomic E-state index is 11.5. The summed E-state index contributed by atoms with van der Waals surface area (Å²) in [6.45, 7) is 3.88. The Labute approximate surface area is 108 Å². The molecule has 4 heteroatoms. The van der Waals surface area contributed by atoms with Crippen molar-refractivity contribution in [2.24, 2.45) is 0 Å². The van der Waals surface area contributed by atoms with E-state index in [2.05, 4.69) is 5.32 Å². The maximum absolute atomic E-state index is 11.5. The maximum Gasteiger partial charge on any atom is 0.220 e. The zero-order chi connectivity index (χ0) is 13.5. The third-order valence-corrected chi connectivity index (χ3v) is 2.87. The molecule has 0 bridgehead atoms. The molecule has 1 rings (SSSR count). The van der Waals surface area contributed by atoms with Gasteiger partial charge in [0, 0.05) is 6.42 Å². The first-order valence-corrected chi connectivity index (χ1v) is 6.17. The van der Waals surface area contributed by atoms with Gasteiger partial charge in [-0.15, -0.1) is 0 Å². The molecule has 0 aromatic heterocycles. The van der Waals surface area contributed by atoms with Gasteiger partial charge in [-0.3, -0.25) is 4.79 Å². The summed E-state index contributed by atoms with van der Waals surface area (Å²) in [7, 11) is 3.21. The predicted molar refractivity (Wildman–Crippen MR) is 71.0 cm³/mol. The summed E-state index contributed by atoms with van der Waals surface area (Å²) in [5.41, 5.74) is 1.02. The minimum atomic E-state index is 0.0113. The van der Waals surface area contributed by atoms with E-state index in [9.17, 15) is 4.79 Å². The minimum absolute atomic E-state index is 0.0113. The summed E-state index contributed by atoms with van der Waals surface area (Å²) in [4.78, 5) is 11.5. The highest BCUT2D eigenvalue weighted by Gasteiger charge is 2.14. The predicted octanol–water partition coefficient (Wildman–Crippen LogP) is 2.68. The van der Waals surface area contributed by atoms with Gasteiger partial charge in [0.25, 0.3) is 0 Å². The van der Waals surface area contributed by atoms with Crippen LogP contribution in [0, 0.1) is 0 Å². The Bertz CT molecular complexity index is 404. The van der Waals surface area contributed by atoms with E-state index in [-0.39, 0.29) is 11.9 Å². The normalized spacial score (nSPS) is 11.8. The number of benzene rings is 1. The molecule has 1 amide bonds. The number of methoxy groups -OCH3 is 2. The third kappa shape index (κ3) is 3.39. The zero-order valence-corrected chi connectivity index (χ0v) is 11.4. The Kier molecular flexibility index (Phi) is 5.49. The summed E-state index contributed by atoms with van der Waals surface area (Å²) in [5.74, 6) is 1.42. The van der Waals surface area contributed by atoms with Crippen LogP contribution in [0.1, 0.15) is 38.3 Å². The van der Waals surface area contributed by atoms with Gasteiger partial charge in [-0.25, -0.2) is 0 Å². The van der Waals surface area contributed by atoms with Crippen molar-refractivity contribution in [3.8, 4) is 11.5 Å². The fraction of sp³-hybridized carbons (Fsp3) is 0.500. The van der Waals surface area contributed by atoms with Gasteiger partial charge in [0.2, 0.25) is 5.91 Å². The first-order chi connectivity index (χ1) is 8.65. The van der Waals surface area contributed by atoms with E-state index >= 15 is 0 Å². The molecule has 0 aliphatic carbocycles. The molecule has 1 N–H and O–H groups in total. The van der Waals surface area contributed by atoms with Crippen molar-refractivity contribution in [3.63, 3.8) is 0 Å². The standard InChI is InChI=1S/C14H21NO3/c1-5-11(15-14(16)6-2)10-7-8-12(17-3)13(9-10)18-4/h7-9,11H,5-6H2,1-4H3,(H,15,16)/t11-/m1/s1. The zero-order valence-electron chi connectivity index (χ0n) is 11.4. The topological polar surface area (TPSA) is 47.6 Å². The van der Waals surface area contributed by atoms with Crippen LogP contribution in [0.15, 0.2) is 18.2 Å². The van der Waals surface area contributed by atoms with E-state index < -0.39 is 0 Å². The van der Waals surface area contributed by atoms with Gasteiger partial charge >= 0.3 is 0 Å². The Hall–Kier alpha value is -1.71. The molecule has 0 saturated carbocycles. The molecule has 0 aliphatic rings. The molecule has 0 unspecified atom stereocenters. The van der Waals surface area contributed by atoms with Gasteiger partial charge in [-0.05, 0) is 24.1 Å². The second kappa shape index (κ2) is 6.89. The van der Waals surface area contributed by atoms with E-state index in [0.29, 0.717) is 17.9 Å². The molecule has 0 spiro atoms. The SMILES string of the molecule is CCC(=O)N[C@H](CC)c1ccc(OC)c(OC)c1. The Morgan fingerprint density at radius 2 is 1.89 bits per heavy atom. The lowest BCUT2D eigenvalue weighted by atomic mass is 10.0. The van der Waals surface area contributed by atoms with Crippen LogP contribution < -0.4 is 14.8 Å². The van der Waals surface area contributed by atoms with Gasteiger partial charge in [0.05, 0.1) is 20.3 Å². The van der Waals surface area contributed by atoms with Gasteiger partial charge in [0.1, 0.15) is 0 Å².